The summed E-state index contributed by atoms with van der Waals surface area (Å²) in [6, 6.07) is 5.13. The summed E-state index contributed by atoms with van der Waals surface area (Å²) in [6.45, 7) is 6.04. The number of nitrogens with zero attached hydrogens (tertiary/aromatic N) is 1. The predicted octanol–water partition coefficient (Wildman–Crippen LogP) is 4.10. The molecule has 2 heterocycles. The summed E-state index contributed by atoms with van der Waals surface area (Å²) >= 11 is 0. The molecule has 35 heavy (non-hydrogen) atoms. The third kappa shape index (κ3) is 4.30. The highest BCUT2D eigenvalue weighted by atomic mass is 16.6. The number of ether oxygens (including phenoxy) is 3. The van der Waals surface area contributed by atoms with Crippen LogP contribution in [-0.4, -0.2) is 59.9 Å². The van der Waals surface area contributed by atoms with Gasteiger partial charge >= 0.3 is 11.9 Å². The zero-order chi connectivity index (χ0) is 24.7. The van der Waals surface area contributed by atoms with E-state index in [-0.39, 0.29) is 47.6 Å². The summed E-state index contributed by atoms with van der Waals surface area (Å²) in [5.41, 5.74) is 0.961. The Morgan fingerprint density at radius 2 is 1.86 bits per heavy atom. The van der Waals surface area contributed by atoms with Crippen LogP contribution in [0.4, 0.5) is 0 Å². The molecule has 0 aromatic heterocycles. The third-order valence-corrected chi connectivity index (χ3v) is 9.20. The second-order valence-electron chi connectivity index (χ2n) is 11.2. The molecule has 2 bridgehead atoms. The number of carbonyl (C=O) groups excluding carboxylic acids is 2. The Labute approximate surface area is 208 Å². The van der Waals surface area contributed by atoms with Crippen LogP contribution < -0.4 is 4.74 Å². The second kappa shape index (κ2) is 9.64. The maximum Gasteiger partial charge on any atom is 0.306 e. The van der Waals surface area contributed by atoms with E-state index in [9.17, 15) is 14.7 Å². The molecule has 1 aromatic rings. The molecule has 2 saturated carbocycles. The lowest BCUT2D eigenvalue weighted by molar-refractivity contribution is -0.249. The van der Waals surface area contributed by atoms with Crippen molar-refractivity contribution >= 4 is 11.9 Å². The number of phenolic OH excluding ortho intramolecular Hbond substituents is 1. The number of phenols is 1. The number of methoxy groups -OCH3 is 1. The van der Waals surface area contributed by atoms with Gasteiger partial charge < -0.3 is 19.3 Å². The molecule has 0 amide bonds. The average molecular weight is 486 g/mol. The van der Waals surface area contributed by atoms with Gasteiger partial charge in [-0.3, -0.25) is 14.5 Å². The van der Waals surface area contributed by atoms with Crippen LogP contribution in [0, 0.1) is 23.7 Å². The highest BCUT2D eigenvalue weighted by Gasteiger charge is 2.67. The van der Waals surface area contributed by atoms with Crippen LogP contribution >= 0.6 is 0 Å². The van der Waals surface area contributed by atoms with Gasteiger partial charge in [-0.2, -0.15) is 0 Å². The molecule has 2 aliphatic heterocycles. The highest BCUT2D eigenvalue weighted by Crippen LogP contribution is 2.61. The molecular weight excluding hydrogens is 446 g/mol. The molecule has 7 nitrogen and oxygen atoms in total. The van der Waals surface area contributed by atoms with Gasteiger partial charge in [0.1, 0.15) is 12.2 Å². The van der Waals surface area contributed by atoms with Crippen molar-refractivity contribution in [2.24, 2.45) is 23.7 Å². The van der Waals surface area contributed by atoms with Crippen molar-refractivity contribution in [1.29, 1.82) is 0 Å². The molecule has 2 aliphatic carbocycles. The molecular formula is C28H39NO6. The van der Waals surface area contributed by atoms with Gasteiger partial charge in [0, 0.05) is 30.7 Å². The number of aromatic hydroxyl groups is 1. The van der Waals surface area contributed by atoms with Gasteiger partial charge in [0.2, 0.25) is 0 Å². The Morgan fingerprint density at radius 1 is 1.11 bits per heavy atom. The average Bonchev–Trinajstić information content (AvgIpc) is 2.82. The number of benzene rings is 1. The SMILES string of the molecule is COc1cc(CCC(=O)O[C@@H]2[C@@H](OC(C)=O)[C@H]3C[C@@H](C)C[C@]45[C@@H]3CCCN4CCC[C@H]25)ccc1O. The number of hydrogen-bond acceptors (Lipinski definition) is 7. The molecule has 1 aromatic carbocycles. The first-order valence-electron chi connectivity index (χ1n) is 13.3. The fraction of sp³-hybridized carbons (Fsp3) is 0.714. The van der Waals surface area contributed by atoms with Gasteiger partial charge in [-0.15, -0.1) is 0 Å². The first-order valence-corrected chi connectivity index (χ1v) is 13.3. The van der Waals surface area contributed by atoms with Crippen LogP contribution in [-0.2, 0) is 25.5 Å². The van der Waals surface area contributed by atoms with Crippen molar-refractivity contribution in [1.82, 2.24) is 4.90 Å². The summed E-state index contributed by atoms with van der Waals surface area (Å²) in [4.78, 5) is 28.1. The van der Waals surface area contributed by atoms with E-state index < -0.39 is 6.10 Å². The maximum absolute atomic E-state index is 13.2. The van der Waals surface area contributed by atoms with E-state index in [4.69, 9.17) is 14.2 Å². The van der Waals surface area contributed by atoms with Crippen molar-refractivity contribution in [2.45, 2.75) is 83.0 Å². The quantitative estimate of drug-likeness (QED) is 0.607. The summed E-state index contributed by atoms with van der Waals surface area (Å²) in [5.74, 6) is 1.42. The highest BCUT2D eigenvalue weighted by molar-refractivity contribution is 5.70. The molecule has 0 unspecified atom stereocenters. The van der Waals surface area contributed by atoms with E-state index in [1.165, 1.54) is 26.9 Å². The minimum Gasteiger partial charge on any atom is -0.504 e. The largest absolute Gasteiger partial charge is 0.504 e. The van der Waals surface area contributed by atoms with Gasteiger partial charge in [-0.1, -0.05) is 13.0 Å². The van der Waals surface area contributed by atoms with E-state index in [0.29, 0.717) is 24.0 Å². The maximum atomic E-state index is 13.2. The topological polar surface area (TPSA) is 85.3 Å². The van der Waals surface area contributed by atoms with Crippen LogP contribution in [0.25, 0.3) is 0 Å². The molecule has 192 valence electrons. The minimum atomic E-state index is -0.393. The normalized spacial score (nSPS) is 36.1. The van der Waals surface area contributed by atoms with Crippen molar-refractivity contribution in [3.05, 3.63) is 23.8 Å². The third-order valence-electron chi connectivity index (χ3n) is 9.20. The Balaban J connectivity index is 1.39. The first-order chi connectivity index (χ1) is 16.8. The number of carbonyl (C=O) groups is 2. The molecule has 0 radical (unpaired) electrons. The number of aryl methyl sites for hydroxylation is 1. The fourth-order valence-corrected chi connectivity index (χ4v) is 8.18. The van der Waals surface area contributed by atoms with E-state index in [1.807, 2.05) is 0 Å². The number of rotatable bonds is 6. The van der Waals surface area contributed by atoms with Crippen LogP contribution in [0.1, 0.15) is 64.4 Å². The second-order valence-corrected chi connectivity index (χ2v) is 11.2. The monoisotopic (exact) mass is 485 g/mol. The summed E-state index contributed by atoms with van der Waals surface area (Å²) in [7, 11) is 1.51. The molecule has 4 aliphatic rings. The van der Waals surface area contributed by atoms with Gasteiger partial charge in [-0.05, 0) is 87.6 Å². The molecule has 7 heteroatoms. The van der Waals surface area contributed by atoms with Crippen molar-refractivity contribution < 1.29 is 28.9 Å². The van der Waals surface area contributed by atoms with Crippen molar-refractivity contribution in [3.63, 3.8) is 0 Å². The Bertz CT molecular complexity index is 963. The summed E-state index contributed by atoms with van der Waals surface area (Å²) in [5, 5.41) is 9.84. The van der Waals surface area contributed by atoms with Crippen LogP contribution in [0.15, 0.2) is 18.2 Å². The van der Waals surface area contributed by atoms with Gasteiger partial charge in [-0.25, -0.2) is 0 Å². The van der Waals surface area contributed by atoms with Crippen molar-refractivity contribution in [2.75, 3.05) is 20.2 Å². The molecule has 5 rings (SSSR count). The van der Waals surface area contributed by atoms with E-state index in [1.54, 1.807) is 18.2 Å². The Hall–Kier alpha value is -2.28. The van der Waals surface area contributed by atoms with Gasteiger partial charge in [0.15, 0.2) is 11.5 Å². The number of hydrogen-bond donors (Lipinski definition) is 1. The molecule has 1 N–H and O–H groups in total. The lowest BCUT2D eigenvalue weighted by atomic mass is 9.47. The molecule has 1 spiro atoms. The minimum absolute atomic E-state index is 0.0603. The van der Waals surface area contributed by atoms with E-state index >= 15 is 0 Å². The Kier molecular flexibility index (Phi) is 6.73. The fourth-order valence-electron chi connectivity index (χ4n) is 8.18. The van der Waals surface area contributed by atoms with Gasteiger partial charge in [0.25, 0.3) is 0 Å². The number of piperidine rings is 2. The lowest BCUT2D eigenvalue weighted by Gasteiger charge is -2.69. The summed E-state index contributed by atoms with van der Waals surface area (Å²) in [6.07, 6.45) is 6.59. The first kappa shape index (κ1) is 24.4. The van der Waals surface area contributed by atoms with Crippen LogP contribution in [0.5, 0.6) is 11.5 Å². The van der Waals surface area contributed by atoms with Crippen molar-refractivity contribution in [3.8, 4) is 11.5 Å². The lowest BCUT2D eigenvalue weighted by Crippen LogP contribution is -2.75. The van der Waals surface area contributed by atoms with Gasteiger partial charge in [0.05, 0.1) is 7.11 Å². The predicted molar refractivity (Wildman–Crippen MR) is 130 cm³/mol. The molecule has 2 saturated heterocycles. The molecule has 4 fully saturated rings. The smallest absolute Gasteiger partial charge is 0.306 e. The molecule has 7 atom stereocenters. The standard InChI is InChI=1S/C28H39NO6/c1-17-14-20-21-6-4-12-29-13-5-7-22(28(21,29)16-17)27(26(20)34-18(2)30)35-25(32)11-9-19-8-10-23(31)24(15-19)33-3/h8,10,15,17,20-22,26-27,31H,4-7,9,11-14,16H2,1-3H3/t17-,20+,21-,22-,26+,27+,28-/m1/s1. The van der Waals surface area contributed by atoms with E-state index in [0.717, 1.165) is 44.3 Å². The zero-order valence-corrected chi connectivity index (χ0v) is 21.2. The zero-order valence-electron chi connectivity index (χ0n) is 21.2. The Morgan fingerprint density at radius 3 is 2.57 bits per heavy atom. The summed E-state index contributed by atoms with van der Waals surface area (Å²) < 4.78 is 17.5. The van der Waals surface area contributed by atoms with Crippen LogP contribution in [0.3, 0.4) is 0 Å². The van der Waals surface area contributed by atoms with Crippen LogP contribution in [0.2, 0.25) is 0 Å². The van der Waals surface area contributed by atoms with E-state index in [2.05, 4.69) is 11.8 Å². The number of esters is 2.